The first-order valence-corrected chi connectivity index (χ1v) is 6.90. The summed E-state index contributed by atoms with van der Waals surface area (Å²) in [7, 11) is 1.16. The van der Waals surface area contributed by atoms with Gasteiger partial charge in [0.15, 0.2) is 6.04 Å². The molecule has 1 rings (SSSR count). The number of nitrogens with two attached hydrogens (primary N) is 1. The van der Waals surface area contributed by atoms with E-state index in [1.807, 2.05) is 0 Å². The number of carbonyl (C=O) groups excluding carboxylic acids is 2. The van der Waals surface area contributed by atoms with E-state index in [0.717, 1.165) is 7.11 Å². The lowest BCUT2D eigenvalue weighted by Crippen LogP contribution is -2.92. The van der Waals surface area contributed by atoms with Gasteiger partial charge in [0, 0.05) is 5.56 Å². The topological polar surface area (TPSA) is 72.0 Å². The van der Waals surface area contributed by atoms with Crippen molar-refractivity contribution in [1.82, 2.24) is 5.32 Å². The normalized spacial score (nSPS) is 13.4. The highest BCUT2D eigenvalue weighted by atomic mass is 35.5. The fraction of sp³-hybridized carbons (Fsp3) is 0.385. The molecule has 0 fully saturated rings. The summed E-state index contributed by atoms with van der Waals surface area (Å²) >= 11 is 11.7. The predicted octanol–water partition coefficient (Wildman–Crippen LogP) is 2.03. The van der Waals surface area contributed by atoms with Gasteiger partial charge >= 0.3 is 6.09 Å². The summed E-state index contributed by atoms with van der Waals surface area (Å²) in [6.07, 6.45) is -0.830. The summed E-state index contributed by atoms with van der Waals surface area (Å²) in [5.74, 6) is -1.10. The van der Waals surface area contributed by atoms with E-state index in [0.29, 0.717) is 10.6 Å². The lowest BCUT2D eigenvalue weighted by Gasteiger charge is -2.17. The van der Waals surface area contributed by atoms with Crippen LogP contribution >= 0.6 is 23.2 Å². The maximum absolute atomic E-state index is 13.5. The third kappa shape index (κ3) is 4.84. The summed E-state index contributed by atoms with van der Waals surface area (Å²) in [5, 5.41) is 3.96. The van der Waals surface area contributed by atoms with Crippen molar-refractivity contribution in [2.45, 2.75) is 25.9 Å². The Morgan fingerprint density at radius 3 is 2.48 bits per heavy atom. The Labute approximate surface area is 131 Å². The van der Waals surface area contributed by atoms with Crippen LogP contribution in [0.2, 0.25) is 10.0 Å². The van der Waals surface area contributed by atoms with Crippen LogP contribution in [0.3, 0.4) is 0 Å². The fourth-order valence-electron chi connectivity index (χ4n) is 1.78. The van der Waals surface area contributed by atoms with Crippen LogP contribution in [0, 0.1) is 5.82 Å². The monoisotopic (exact) mass is 337 g/mol. The standard InChI is InChI=1S/C13H15Cl2FN2O3/c1-6(8-4-11(16)10(15)5-9(8)14)17-7(2)12(19)18-13(20)21-3/h4-7,17H,1-3H3,(H,18,19,20)/p+1/t6-,7-/m1/s1. The smallest absolute Gasteiger partial charge is 0.413 e. The Kier molecular flexibility index (Phi) is 6.39. The molecule has 0 aliphatic carbocycles. The van der Waals surface area contributed by atoms with E-state index in [9.17, 15) is 14.0 Å². The van der Waals surface area contributed by atoms with Gasteiger partial charge in [-0.3, -0.25) is 10.1 Å². The zero-order valence-corrected chi connectivity index (χ0v) is 13.3. The quantitative estimate of drug-likeness (QED) is 0.825. The van der Waals surface area contributed by atoms with Crippen molar-refractivity contribution < 1.29 is 24.0 Å². The summed E-state index contributed by atoms with van der Waals surface area (Å²) in [5.41, 5.74) is 0.510. The minimum atomic E-state index is -0.830. The molecule has 0 aliphatic heterocycles. The molecule has 116 valence electrons. The first-order valence-electron chi connectivity index (χ1n) is 6.14. The molecule has 8 heteroatoms. The van der Waals surface area contributed by atoms with E-state index >= 15 is 0 Å². The molecule has 0 saturated heterocycles. The highest BCUT2D eigenvalue weighted by Crippen LogP contribution is 2.27. The van der Waals surface area contributed by atoms with E-state index in [2.05, 4.69) is 10.1 Å². The third-order valence-electron chi connectivity index (χ3n) is 2.93. The number of ether oxygens (including phenoxy) is 1. The Hall–Kier alpha value is -1.37. The first-order chi connectivity index (χ1) is 9.76. The van der Waals surface area contributed by atoms with Crippen LogP contribution in [0.4, 0.5) is 9.18 Å². The maximum atomic E-state index is 13.5. The third-order valence-corrected chi connectivity index (χ3v) is 3.55. The number of halogens is 3. The second-order valence-corrected chi connectivity index (χ2v) is 5.35. The molecule has 0 aliphatic rings. The Morgan fingerprint density at radius 2 is 1.90 bits per heavy atom. The minimum absolute atomic E-state index is 0.0626. The number of nitrogens with one attached hydrogen (secondary N) is 1. The van der Waals surface area contributed by atoms with Crippen LogP contribution in [-0.4, -0.2) is 25.2 Å². The molecule has 0 radical (unpaired) electrons. The molecular formula is C13H16Cl2FN2O3+. The van der Waals surface area contributed by atoms with Crippen molar-refractivity contribution in [3.05, 3.63) is 33.6 Å². The van der Waals surface area contributed by atoms with Crippen LogP contribution in [0.15, 0.2) is 12.1 Å². The first kappa shape index (κ1) is 17.7. The van der Waals surface area contributed by atoms with Crippen LogP contribution in [0.1, 0.15) is 25.5 Å². The Morgan fingerprint density at radius 1 is 1.29 bits per heavy atom. The number of alkyl carbamates (subject to hydrolysis) is 1. The Balaban J connectivity index is 2.77. The molecule has 0 unspecified atom stereocenters. The van der Waals surface area contributed by atoms with Gasteiger partial charge in [0.2, 0.25) is 0 Å². The molecule has 1 aromatic carbocycles. The highest BCUT2D eigenvalue weighted by Gasteiger charge is 2.24. The number of quaternary nitrogens is 1. The molecule has 3 N–H and O–H groups in total. The molecule has 2 atom stereocenters. The zero-order valence-electron chi connectivity index (χ0n) is 11.7. The summed E-state index contributed by atoms with van der Waals surface area (Å²) in [4.78, 5) is 22.7. The number of amides is 2. The van der Waals surface area contributed by atoms with Crippen LogP contribution in [0.25, 0.3) is 0 Å². The van der Waals surface area contributed by atoms with Gasteiger partial charge in [0.25, 0.3) is 5.91 Å². The molecular weight excluding hydrogens is 322 g/mol. The van der Waals surface area contributed by atoms with Gasteiger partial charge < -0.3 is 10.1 Å². The lowest BCUT2D eigenvalue weighted by atomic mass is 10.1. The van der Waals surface area contributed by atoms with Crippen molar-refractivity contribution in [2.24, 2.45) is 0 Å². The number of carbonyl (C=O) groups is 2. The summed E-state index contributed by atoms with van der Waals surface area (Å²) < 4.78 is 17.8. The number of methoxy groups -OCH3 is 1. The number of rotatable bonds is 4. The van der Waals surface area contributed by atoms with E-state index in [1.54, 1.807) is 19.2 Å². The zero-order chi connectivity index (χ0) is 16.2. The molecule has 0 spiro atoms. The van der Waals surface area contributed by atoms with Crippen LogP contribution in [-0.2, 0) is 9.53 Å². The molecule has 0 saturated carbocycles. The van der Waals surface area contributed by atoms with Gasteiger partial charge in [-0.15, -0.1) is 0 Å². The largest absolute Gasteiger partial charge is 0.453 e. The minimum Gasteiger partial charge on any atom is -0.453 e. The molecule has 2 amide bonds. The second-order valence-electron chi connectivity index (χ2n) is 4.54. The lowest BCUT2D eigenvalue weighted by molar-refractivity contribution is -0.710. The molecule has 1 aromatic rings. The van der Waals surface area contributed by atoms with Crippen molar-refractivity contribution in [2.75, 3.05) is 7.11 Å². The van der Waals surface area contributed by atoms with Gasteiger partial charge in [-0.25, -0.2) is 9.18 Å². The Bertz CT molecular complexity index is 554. The highest BCUT2D eigenvalue weighted by molar-refractivity contribution is 6.35. The van der Waals surface area contributed by atoms with Gasteiger partial charge in [0.05, 0.1) is 17.2 Å². The summed E-state index contributed by atoms with van der Waals surface area (Å²) in [6, 6.07) is 1.66. The van der Waals surface area contributed by atoms with E-state index < -0.39 is 23.9 Å². The molecule has 21 heavy (non-hydrogen) atoms. The van der Waals surface area contributed by atoms with Gasteiger partial charge in [-0.05, 0) is 26.0 Å². The van der Waals surface area contributed by atoms with E-state index in [-0.39, 0.29) is 11.1 Å². The number of benzene rings is 1. The van der Waals surface area contributed by atoms with Gasteiger partial charge in [-0.1, -0.05) is 23.2 Å². The van der Waals surface area contributed by atoms with Crippen molar-refractivity contribution in [3.8, 4) is 0 Å². The fourth-order valence-corrected chi connectivity index (χ4v) is 2.33. The molecule has 0 aromatic heterocycles. The molecule has 0 bridgehead atoms. The van der Waals surface area contributed by atoms with Crippen molar-refractivity contribution in [1.29, 1.82) is 0 Å². The number of hydrogen-bond acceptors (Lipinski definition) is 3. The number of hydrogen-bond donors (Lipinski definition) is 2. The maximum Gasteiger partial charge on any atom is 0.413 e. The summed E-state index contributed by atoms with van der Waals surface area (Å²) in [6.45, 7) is 3.37. The SMILES string of the molecule is COC(=O)NC(=O)[C@@H](C)[NH2+][C@H](C)c1cc(F)c(Cl)cc1Cl. The second kappa shape index (κ2) is 7.59. The number of imide groups is 1. The molecule has 5 nitrogen and oxygen atoms in total. The van der Waals surface area contributed by atoms with Crippen molar-refractivity contribution in [3.63, 3.8) is 0 Å². The van der Waals surface area contributed by atoms with Crippen LogP contribution < -0.4 is 10.6 Å². The average molecular weight is 338 g/mol. The van der Waals surface area contributed by atoms with Crippen LogP contribution in [0.5, 0.6) is 0 Å². The van der Waals surface area contributed by atoms with E-state index in [1.165, 1.54) is 12.1 Å². The average Bonchev–Trinajstić information content (AvgIpc) is 2.42. The van der Waals surface area contributed by atoms with E-state index in [4.69, 9.17) is 23.2 Å². The predicted molar refractivity (Wildman–Crippen MR) is 76.8 cm³/mol. The molecule has 0 heterocycles. The van der Waals surface area contributed by atoms with Crippen molar-refractivity contribution >= 4 is 35.2 Å². The van der Waals surface area contributed by atoms with Gasteiger partial charge in [-0.2, -0.15) is 0 Å². The van der Waals surface area contributed by atoms with Gasteiger partial charge in [0.1, 0.15) is 11.9 Å².